The van der Waals surface area contributed by atoms with Crippen molar-refractivity contribution in [2.24, 2.45) is 10.8 Å². The van der Waals surface area contributed by atoms with Crippen LogP contribution in [-0.4, -0.2) is 12.4 Å². The van der Waals surface area contributed by atoms with Gasteiger partial charge in [-0.2, -0.15) is 26.3 Å². The minimum atomic E-state index is -4.51. The summed E-state index contributed by atoms with van der Waals surface area (Å²) in [7, 11) is 0. The number of alkyl halides is 6. The predicted molar refractivity (Wildman–Crippen MR) is 182 cm³/mol. The Hall–Kier alpha value is -3.54. The summed E-state index contributed by atoms with van der Waals surface area (Å²) in [5.41, 5.74) is 1.10. The molecule has 0 unspecified atom stereocenters. The highest BCUT2D eigenvalue weighted by Gasteiger charge is 2.50. The van der Waals surface area contributed by atoms with Gasteiger partial charge in [0.15, 0.2) is 0 Å². The average molecular weight is 653 g/mol. The third-order valence-corrected chi connectivity index (χ3v) is 9.43. The van der Waals surface area contributed by atoms with E-state index in [9.17, 15) is 26.3 Å². The highest BCUT2D eigenvalue weighted by Crippen LogP contribution is 2.49. The van der Waals surface area contributed by atoms with Crippen molar-refractivity contribution in [2.45, 2.75) is 98.3 Å². The lowest BCUT2D eigenvalue weighted by molar-refractivity contribution is -0.211. The molecule has 252 valence electrons. The van der Waals surface area contributed by atoms with E-state index in [-0.39, 0.29) is 12.8 Å². The van der Waals surface area contributed by atoms with Crippen LogP contribution in [0.5, 0.6) is 0 Å². The lowest BCUT2D eigenvalue weighted by Crippen LogP contribution is -2.37. The van der Waals surface area contributed by atoms with Gasteiger partial charge in [0.25, 0.3) is 0 Å². The molecule has 0 aliphatic carbocycles. The van der Waals surface area contributed by atoms with Gasteiger partial charge < -0.3 is 0 Å². The maximum atomic E-state index is 14.4. The molecule has 0 aromatic heterocycles. The maximum absolute atomic E-state index is 14.4. The maximum Gasteiger partial charge on any atom is 0.394 e. The second-order valence-electron chi connectivity index (χ2n) is 15.6. The third kappa shape index (κ3) is 7.47. The molecule has 0 N–H and O–H groups in total. The summed E-state index contributed by atoms with van der Waals surface area (Å²) < 4.78 is 86.4. The summed E-state index contributed by atoms with van der Waals surface area (Å²) in [6.07, 6.45) is -9.75. The zero-order valence-corrected chi connectivity index (χ0v) is 28.8. The van der Waals surface area contributed by atoms with Crippen molar-refractivity contribution < 1.29 is 26.3 Å². The van der Waals surface area contributed by atoms with Crippen LogP contribution in [0.15, 0.2) is 91.0 Å². The summed E-state index contributed by atoms with van der Waals surface area (Å²) in [6.45, 7) is 14.3. The summed E-state index contributed by atoms with van der Waals surface area (Å²) in [6, 6.07) is 29.4. The quantitative estimate of drug-likeness (QED) is 0.166. The van der Waals surface area contributed by atoms with Crippen LogP contribution in [0.25, 0.3) is 22.3 Å². The second-order valence-corrected chi connectivity index (χ2v) is 15.6. The molecule has 0 bridgehead atoms. The monoisotopic (exact) mass is 652 g/mol. The van der Waals surface area contributed by atoms with Crippen molar-refractivity contribution in [3.05, 3.63) is 119 Å². The number of rotatable bonds is 8. The Bertz CT molecular complexity index is 1580. The van der Waals surface area contributed by atoms with Crippen LogP contribution in [0, 0.1) is 10.8 Å². The SMILES string of the molecule is CC(C)(C)c1c(CC(C)(C)C(F)(F)F)cc(C(C)(C)c2c(-c3ccccc3)cccc2-c2ccccc2)cc1CC(C)(C)C(F)(F)F. The van der Waals surface area contributed by atoms with E-state index in [0.29, 0.717) is 22.3 Å². The molecule has 6 heteroatoms. The first-order valence-corrected chi connectivity index (χ1v) is 16.0. The molecule has 4 aromatic carbocycles. The molecule has 0 amide bonds. The molecule has 0 spiro atoms. The van der Waals surface area contributed by atoms with E-state index in [0.717, 1.165) is 55.5 Å². The van der Waals surface area contributed by atoms with E-state index >= 15 is 0 Å². The topological polar surface area (TPSA) is 0 Å². The Kier molecular flexibility index (Phi) is 9.64. The number of hydrogen-bond donors (Lipinski definition) is 0. The van der Waals surface area contributed by atoms with Crippen molar-refractivity contribution in [3.63, 3.8) is 0 Å². The van der Waals surface area contributed by atoms with E-state index in [1.165, 1.54) is 0 Å². The highest BCUT2D eigenvalue weighted by molar-refractivity contribution is 5.81. The Morgan fingerprint density at radius 3 is 1.13 bits per heavy atom. The van der Waals surface area contributed by atoms with Gasteiger partial charge in [0.1, 0.15) is 0 Å². The minimum Gasteiger partial charge on any atom is -0.171 e. The molecular formula is C41H46F6. The molecule has 0 saturated heterocycles. The molecule has 0 aliphatic rings. The fourth-order valence-corrected chi connectivity index (χ4v) is 6.61. The Morgan fingerprint density at radius 1 is 0.447 bits per heavy atom. The van der Waals surface area contributed by atoms with Crippen molar-refractivity contribution >= 4 is 0 Å². The standard InChI is InChI=1S/C41H46F6/c1-36(2,3)34-29(25-37(4,5)40(42,43)44)23-31(24-30(34)26-38(6,7)41(45,46)47)39(8,9)35-32(27-17-12-10-13-18-27)21-16-22-33(35)28-19-14-11-15-20-28/h10-24H,25-26H2,1-9H3. The van der Waals surface area contributed by atoms with Crippen LogP contribution in [0.2, 0.25) is 0 Å². The fraction of sp³-hybridized carbons (Fsp3) is 0.415. The lowest BCUT2D eigenvalue weighted by atomic mass is 9.67. The first-order valence-electron chi connectivity index (χ1n) is 16.0. The number of hydrogen-bond acceptors (Lipinski definition) is 0. The molecule has 0 aliphatic heterocycles. The Balaban J connectivity index is 2.12. The van der Waals surface area contributed by atoms with Crippen molar-refractivity contribution in [1.82, 2.24) is 0 Å². The van der Waals surface area contributed by atoms with Crippen LogP contribution in [0.4, 0.5) is 26.3 Å². The molecule has 0 saturated carbocycles. The average Bonchev–Trinajstić information content (AvgIpc) is 2.95. The van der Waals surface area contributed by atoms with Gasteiger partial charge in [-0.1, -0.05) is 153 Å². The normalized spacial score (nSPS) is 13.6. The summed E-state index contributed by atoms with van der Waals surface area (Å²) in [5, 5.41) is 0. The van der Waals surface area contributed by atoms with Gasteiger partial charge in [0.2, 0.25) is 0 Å². The van der Waals surface area contributed by atoms with Crippen LogP contribution in [-0.2, 0) is 23.7 Å². The molecule has 0 atom stereocenters. The van der Waals surface area contributed by atoms with Crippen LogP contribution < -0.4 is 0 Å². The molecule has 4 rings (SSSR count). The zero-order valence-electron chi connectivity index (χ0n) is 28.8. The number of halogens is 6. The van der Waals surface area contributed by atoms with Crippen LogP contribution >= 0.6 is 0 Å². The van der Waals surface area contributed by atoms with E-state index in [1.54, 1.807) is 0 Å². The molecule has 4 aromatic rings. The van der Waals surface area contributed by atoms with Gasteiger partial charge in [-0.25, -0.2) is 0 Å². The Labute approximate surface area is 276 Å². The molecule has 0 heterocycles. The van der Waals surface area contributed by atoms with Gasteiger partial charge >= 0.3 is 12.4 Å². The molecule has 0 radical (unpaired) electrons. The third-order valence-electron chi connectivity index (χ3n) is 9.43. The van der Waals surface area contributed by atoms with E-state index in [2.05, 4.69) is 0 Å². The first kappa shape index (κ1) is 36.3. The fourth-order valence-electron chi connectivity index (χ4n) is 6.61. The Morgan fingerprint density at radius 2 is 0.809 bits per heavy atom. The highest BCUT2D eigenvalue weighted by atomic mass is 19.4. The van der Waals surface area contributed by atoms with Gasteiger partial charge in [0, 0.05) is 5.41 Å². The molecule has 47 heavy (non-hydrogen) atoms. The van der Waals surface area contributed by atoms with Gasteiger partial charge in [-0.3, -0.25) is 0 Å². The summed E-state index contributed by atoms with van der Waals surface area (Å²) >= 11 is 0. The minimum absolute atomic E-state index is 0.363. The van der Waals surface area contributed by atoms with E-state index in [4.69, 9.17) is 0 Å². The number of benzene rings is 4. The summed E-state index contributed by atoms with van der Waals surface area (Å²) in [5.74, 6) is 0. The van der Waals surface area contributed by atoms with Crippen molar-refractivity contribution in [2.75, 3.05) is 0 Å². The smallest absolute Gasteiger partial charge is 0.171 e. The van der Waals surface area contributed by atoms with Crippen molar-refractivity contribution in [1.29, 1.82) is 0 Å². The van der Waals surface area contributed by atoms with Gasteiger partial charge in [-0.05, 0) is 68.3 Å². The molecule has 0 fully saturated rings. The first-order chi connectivity index (χ1) is 21.5. The van der Waals surface area contributed by atoms with E-state index < -0.39 is 34.0 Å². The van der Waals surface area contributed by atoms with Crippen LogP contribution in [0.1, 0.15) is 90.1 Å². The van der Waals surface area contributed by atoms with Gasteiger partial charge in [0.05, 0.1) is 10.8 Å². The van der Waals surface area contributed by atoms with Crippen molar-refractivity contribution in [3.8, 4) is 22.3 Å². The largest absolute Gasteiger partial charge is 0.394 e. The molecule has 0 nitrogen and oxygen atoms in total. The molecular weight excluding hydrogens is 606 g/mol. The van der Waals surface area contributed by atoms with E-state index in [1.807, 2.05) is 126 Å². The second kappa shape index (κ2) is 12.5. The van der Waals surface area contributed by atoms with Crippen LogP contribution in [0.3, 0.4) is 0 Å². The predicted octanol–water partition coefficient (Wildman–Crippen LogP) is 12.9. The lowest BCUT2D eigenvalue weighted by Gasteiger charge is -2.38. The zero-order chi connectivity index (χ0) is 35.2. The van der Waals surface area contributed by atoms with Gasteiger partial charge in [-0.15, -0.1) is 0 Å². The summed E-state index contributed by atoms with van der Waals surface area (Å²) in [4.78, 5) is 0.